The van der Waals surface area contributed by atoms with Crippen LogP contribution in [0.1, 0.15) is 55.4 Å². The molecule has 7 heteroatoms. The van der Waals surface area contributed by atoms with E-state index in [1.165, 1.54) is 0 Å². The van der Waals surface area contributed by atoms with E-state index >= 15 is 0 Å². The molecule has 0 saturated heterocycles. The molecule has 2 aromatic rings. The predicted molar refractivity (Wildman–Crippen MR) is 132 cm³/mol. The van der Waals surface area contributed by atoms with Gasteiger partial charge in [-0.25, -0.2) is 4.99 Å². The highest BCUT2D eigenvalue weighted by Crippen LogP contribution is 2.26. The molecule has 0 aliphatic rings. The Hall–Kier alpha value is -1.58. The molecule has 0 amide bonds. The van der Waals surface area contributed by atoms with Crippen LogP contribution in [0.2, 0.25) is 0 Å². The number of ether oxygens (including phenoxy) is 1. The van der Waals surface area contributed by atoms with Crippen molar-refractivity contribution in [1.82, 2.24) is 10.6 Å². The third kappa shape index (κ3) is 7.92. The Morgan fingerprint density at radius 3 is 2.47 bits per heavy atom. The molecule has 0 fully saturated rings. The molecule has 2 rings (SSSR count). The normalized spacial score (nSPS) is 13.5. The number of halogens is 1. The predicted octanol–water partition coefficient (Wildman–Crippen LogP) is 4.40. The number of hydrogen-bond donors (Lipinski definition) is 3. The summed E-state index contributed by atoms with van der Waals surface area (Å²) in [6.45, 7) is 12.6. The van der Waals surface area contributed by atoms with E-state index in [0.717, 1.165) is 47.8 Å². The minimum atomic E-state index is -1.07. The van der Waals surface area contributed by atoms with Gasteiger partial charge >= 0.3 is 0 Å². The van der Waals surface area contributed by atoms with Crippen LogP contribution in [-0.2, 0) is 23.5 Å². The molecule has 0 saturated carbocycles. The number of guanidine groups is 1. The van der Waals surface area contributed by atoms with E-state index in [1.54, 1.807) is 6.92 Å². The largest absolute Gasteiger partial charge is 0.466 e. The molecule has 30 heavy (non-hydrogen) atoms. The maximum atomic E-state index is 10.9. The first-order chi connectivity index (χ1) is 13.9. The van der Waals surface area contributed by atoms with Crippen molar-refractivity contribution in [3.05, 3.63) is 58.5 Å². The third-order valence-electron chi connectivity index (χ3n) is 4.70. The van der Waals surface area contributed by atoms with Gasteiger partial charge in [0.25, 0.3) is 0 Å². The Morgan fingerprint density at radius 2 is 1.87 bits per heavy atom. The topological polar surface area (TPSA) is 79.0 Å². The van der Waals surface area contributed by atoms with E-state index in [-0.39, 0.29) is 24.0 Å². The van der Waals surface area contributed by atoms with Gasteiger partial charge in [-0.15, -0.1) is 24.0 Å². The fourth-order valence-electron chi connectivity index (χ4n) is 3.20. The average Bonchev–Trinajstić information content (AvgIpc) is 3.04. The number of nitrogens with one attached hydrogen (secondary N) is 2. The van der Waals surface area contributed by atoms with Crippen LogP contribution in [0.25, 0.3) is 0 Å². The van der Waals surface area contributed by atoms with Crippen molar-refractivity contribution in [2.24, 2.45) is 4.99 Å². The van der Waals surface area contributed by atoms with Crippen LogP contribution in [-0.4, -0.2) is 30.8 Å². The van der Waals surface area contributed by atoms with Crippen molar-refractivity contribution in [3.8, 4) is 0 Å². The second-order valence-corrected chi connectivity index (χ2v) is 7.47. The lowest BCUT2D eigenvalue weighted by Gasteiger charge is -2.24. The van der Waals surface area contributed by atoms with Gasteiger partial charge in [0.1, 0.15) is 17.1 Å². The van der Waals surface area contributed by atoms with Crippen molar-refractivity contribution in [1.29, 1.82) is 0 Å². The molecule has 1 atom stereocenters. The van der Waals surface area contributed by atoms with Gasteiger partial charge in [0.15, 0.2) is 5.96 Å². The molecule has 168 valence electrons. The Morgan fingerprint density at radius 1 is 1.17 bits per heavy atom. The average molecular weight is 529 g/mol. The van der Waals surface area contributed by atoms with Gasteiger partial charge in [-0.2, -0.15) is 0 Å². The molecule has 6 nitrogen and oxygen atoms in total. The molecular formula is C23H36IN3O3. The third-order valence-corrected chi connectivity index (χ3v) is 4.70. The first-order valence-corrected chi connectivity index (χ1v) is 10.3. The summed E-state index contributed by atoms with van der Waals surface area (Å²) in [7, 11) is 0. The molecular weight excluding hydrogens is 493 g/mol. The maximum Gasteiger partial charge on any atom is 0.191 e. The van der Waals surface area contributed by atoms with Crippen LogP contribution in [0.4, 0.5) is 0 Å². The Balaban J connectivity index is 0.00000450. The van der Waals surface area contributed by atoms with E-state index in [0.29, 0.717) is 25.7 Å². The number of aryl methyl sites for hydroxylation is 2. The lowest BCUT2D eigenvalue weighted by atomic mass is 9.96. The monoisotopic (exact) mass is 529 g/mol. The van der Waals surface area contributed by atoms with E-state index in [1.807, 2.05) is 39.0 Å². The van der Waals surface area contributed by atoms with E-state index in [2.05, 4.69) is 29.7 Å². The highest BCUT2D eigenvalue weighted by molar-refractivity contribution is 14.0. The lowest BCUT2D eigenvalue weighted by Crippen LogP contribution is -2.44. The molecule has 1 aromatic carbocycles. The fourth-order valence-corrected chi connectivity index (χ4v) is 3.20. The Kier molecular flexibility index (Phi) is 11.4. The first kappa shape index (κ1) is 26.5. The minimum Gasteiger partial charge on any atom is -0.466 e. The number of nitrogens with zero attached hydrogens (tertiary/aromatic N) is 1. The fraction of sp³-hybridized carbons (Fsp3) is 0.522. The van der Waals surface area contributed by atoms with Crippen molar-refractivity contribution >= 4 is 29.9 Å². The van der Waals surface area contributed by atoms with Crippen molar-refractivity contribution in [2.45, 2.75) is 59.8 Å². The van der Waals surface area contributed by atoms with E-state index < -0.39 is 5.60 Å². The molecule has 1 heterocycles. The Bertz CT molecular complexity index is 803. The summed E-state index contributed by atoms with van der Waals surface area (Å²) in [5.41, 5.74) is 2.01. The zero-order valence-electron chi connectivity index (χ0n) is 18.7. The zero-order valence-corrected chi connectivity index (χ0v) is 21.1. The van der Waals surface area contributed by atoms with Gasteiger partial charge in [-0.3, -0.25) is 0 Å². The SMILES string of the molecule is CCCOCc1ccccc1CN=C(NCC)NCC(C)(O)c1cc(C)oc1C.I. The molecule has 0 aliphatic carbocycles. The van der Waals surface area contributed by atoms with E-state index in [4.69, 9.17) is 14.1 Å². The van der Waals surface area contributed by atoms with Crippen LogP contribution in [0.3, 0.4) is 0 Å². The van der Waals surface area contributed by atoms with Crippen molar-refractivity contribution in [3.63, 3.8) is 0 Å². The van der Waals surface area contributed by atoms with Crippen molar-refractivity contribution in [2.75, 3.05) is 19.7 Å². The molecule has 0 aliphatic heterocycles. The lowest BCUT2D eigenvalue weighted by molar-refractivity contribution is 0.0601. The Labute approximate surface area is 197 Å². The second kappa shape index (κ2) is 13.0. The summed E-state index contributed by atoms with van der Waals surface area (Å²) in [6, 6.07) is 10.1. The van der Waals surface area contributed by atoms with Gasteiger partial charge < -0.3 is 24.9 Å². The summed E-state index contributed by atoms with van der Waals surface area (Å²) in [5, 5.41) is 17.4. The number of aliphatic imine (C=N–C) groups is 1. The standard InChI is InChI=1S/C23H35N3O3.HI/c1-6-12-28-15-20-11-9-8-10-19(20)14-25-22(24-7-2)26-16-23(5,27)21-13-17(3)29-18(21)4;/h8-11,13,27H,6-7,12,14-16H2,1-5H3,(H2,24,25,26);1H. The van der Waals surface area contributed by atoms with Gasteiger partial charge in [0.2, 0.25) is 0 Å². The van der Waals surface area contributed by atoms with Crippen LogP contribution in [0.5, 0.6) is 0 Å². The number of aliphatic hydroxyl groups is 1. The van der Waals surface area contributed by atoms with Gasteiger partial charge in [0.05, 0.1) is 19.7 Å². The summed E-state index contributed by atoms with van der Waals surface area (Å²) in [5.74, 6) is 2.19. The van der Waals surface area contributed by atoms with Crippen molar-refractivity contribution < 1.29 is 14.3 Å². The summed E-state index contributed by atoms with van der Waals surface area (Å²) in [6.07, 6.45) is 1.00. The number of hydrogen-bond acceptors (Lipinski definition) is 4. The number of rotatable bonds is 10. The maximum absolute atomic E-state index is 10.9. The first-order valence-electron chi connectivity index (χ1n) is 10.3. The van der Waals surface area contributed by atoms with Gasteiger partial charge in [-0.1, -0.05) is 31.2 Å². The molecule has 0 radical (unpaired) electrons. The molecule has 0 bridgehead atoms. The van der Waals surface area contributed by atoms with Crippen LogP contribution < -0.4 is 10.6 Å². The van der Waals surface area contributed by atoms with E-state index in [9.17, 15) is 5.11 Å². The summed E-state index contributed by atoms with van der Waals surface area (Å²) in [4.78, 5) is 4.70. The smallest absolute Gasteiger partial charge is 0.191 e. The highest BCUT2D eigenvalue weighted by atomic mass is 127. The van der Waals surface area contributed by atoms with Crippen LogP contribution in [0.15, 0.2) is 39.7 Å². The minimum absolute atomic E-state index is 0. The van der Waals surface area contributed by atoms with Gasteiger partial charge in [-0.05, 0) is 51.3 Å². The quantitative estimate of drug-likeness (QED) is 0.184. The van der Waals surface area contributed by atoms with Crippen LogP contribution >= 0.6 is 24.0 Å². The highest BCUT2D eigenvalue weighted by Gasteiger charge is 2.27. The summed E-state index contributed by atoms with van der Waals surface area (Å²) < 4.78 is 11.3. The van der Waals surface area contributed by atoms with Crippen LogP contribution in [0, 0.1) is 13.8 Å². The number of furan rings is 1. The zero-order chi connectivity index (χ0) is 21.3. The molecule has 1 aromatic heterocycles. The van der Waals surface area contributed by atoms with Gasteiger partial charge in [0, 0.05) is 18.7 Å². The second-order valence-electron chi connectivity index (χ2n) is 7.47. The molecule has 3 N–H and O–H groups in total. The summed E-state index contributed by atoms with van der Waals surface area (Å²) >= 11 is 0. The molecule has 0 spiro atoms. The number of benzene rings is 1. The molecule has 1 unspecified atom stereocenters.